The average molecular weight is 536 g/mol. The van der Waals surface area contributed by atoms with E-state index in [0.717, 1.165) is 0 Å². The molecule has 10 heteroatoms. The van der Waals surface area contributed by atoms with E-state index in [0.29, 0.717) is 34.1 Å². The SMILES string of the molecule is CCOc1cc(/C=C2\N=C(c3ccc(OC(C)=O)c(OC)c3)OC2=O)ccc1OC(=O)c1ccc(Cl)cc1. The quantitative estimate of drug-likeness (QED) is 0.219. The molecular weight excluding hydrogens is 514 g/mol. The largest absolute Gasteiger partial charge is 0.493 e. The van der Waals surface area contributed by atoms with Crippen molar-refractivity contribution in [2.24, 2.45) is 4.99 Å². The molecule has 194 valence electrons. The van der Waals surface area contributed by atoms with Gasteiger partial charge in [0, 0.05) is 17.5 Å². The number of aliphatic imine (C=N–C) groups is 1. The zero-order valence-electron chi connectivity index (χ0n) is 20.6. The molecular formula is C28H22ClNO8. The number of carbonyl (C=O) groups excluding carboxylic acids is 3. The molecule has 38 heavy (non-hydrogen) atoms. The fraction of sp³-hybridized carbons (Fsp3) is 0.143. The predicted molar refractivity (Wildman–Crippen MR) is 139 cm³/mol. The second kappa shape index (κ2) is 11.6. The summed E-state index contributed by atoms with van der Waals surface area (Å²) in [4.78, 5) is 40.6. The van der Waals surface area contributed by atoms with E-state index in [9.17, 15) is 14.4 Å². The molecule has 0 aromatic heterocycles. The van der Waals surface area contributed by atoms with Crippen molar-refractivity contribution in [2.75, 3.05) is 13.7 Å². The molecule has 0 saturated carbocycles. The van der Waals surface area contributed by atoms with Crippen molar-refractivity contribution in [3.8, 4) is 23.0 Å². The summed E-state index contributed by atoms with van der Waals surface area (Å²) >= 11 is 5.88. The summed E-state index contributed by atoms with van der Waals surface area (Å²) < 4.78 is 26.9. The topological polar surface area (TPSA) is 110 Å². The zero-order valence-corrected chi connectivity index (χ0v) is 21.4. The molecule has 3 aromatic carbocycles. The Bertz CT molecular complexity index is 1460. The van der Waals surface area contributed by atoms with Crippen LogP contribution in [0.15, 0.2) is 71.4 Å². The zero-order chi connectivity index (χ0) is 27.2. The maximum absolute atomic E-state index is 12.5. The number of ether oxygens (including phenoxy) is 5. The highest BCUT2D eigenvalue weighted by Crippen LogP contribution is 2.32. The predicted octanol–water partition coefficient (Wildman–Crippen LogP) is 5.24. The van der Waals surface area contributed by atoms with Gasteiger partial charge in [0.05, 0.1) is 19.3 Å². The standard InChI is InChI=1S/C28H22ClNO8/c1-4-35-25-14-17(5-11-23(25)37-27(32)18-6-9-20(29)10-7-18)13-21-28(33)38-26(30-21)19-8-12-22(36-16(2)31)24(15-19)34-3/h5-15H,4H2,1-3H3/b21-13-. The highest BCUT2D eigenvalue weighted by molar-refractivity contribution is 6.30. The van der Waals surface area contributed by atoms with Gasteiger partial charge in [-0.3, -0.25) is 4.79 Å². The monoisotopic (exact) mass is 535 g/mol. The molecule has 3 aromatic rings. The van der Waals surface area contributed by atoms with Crippen LogP contribution in [-0.4, -0.2) is 37.5 Å². The van der Waals surface area contributed by atoms with Gasteiger partial charge in [0.25, 0.3) is 0 Å². The fourth-order valence-corrected chi connectivity index (χ4v) is 3.57. The third-order valence-electron chi connectivity index (χ3n) is 5.14. The van der Waals surface area contributed by atoms with Crippen molar-refractivity contribution in [1.82, 2.24) is 0 Å². The number of nitrogens with zero attached hydrogens (tertiary/aromatic N) is 1. The molecule has 1 aliphatic rings. The minimum atomic E-state index is -0.653. The summed E-state index contributed by atoms with van der Waals surface area (Å²) in [6.45, 7) is 3.39. The molecule has 0 aliphatic carbocycles. The van der Waals surface area contributed by atoms with Gasteiger partial charge in [0.1, 0.15) is 0 Å². The van der Waals surface area contributed by atoms with Crippen LogP contribution in [0.25, 0.3) is 6.08 Å². The van der Waals surface area contributed by atoms with Crippen LogP contribution in [-0.2, 0) is 14.3 Å². The third kappa shape index (κ3) is 6.19. The molecule has 0 unspecified atom stereocenters. The van der Waals surface area contributed by atoms with Crippen molar-refractivity contribution >= 4 is 41.5 Å². The number of cyclic esters (lactones) is 1. The fourth-order valence-electron chi connectivity index (χ4n) is 3.44. The van der Waals surface area contributed by atoms with Crippen LogP contribution in [0.2, 0.25) is 5.02 Å². The van der Waals surface area contributed by atoms with Crippen molar-refractivity contribution < 1.29 is 38.1 Å². The Labute approximate surface area is 223 Å². The normalized spacial score (nSPS) is 13.5. The van der Waals surface area contributed by atoms with E-state index >= 15 is 0 Å². The van der Waals surface area contributed by atoms with Gasteiger partial charge in [0.15, 0.2) is 28.7 Å². The summed E-state index contributed by atoms with van der Waals surface area (Å²) in [5, 5.41) is 0.503. The van der Waals surface area contributed by atoms with E-state index in [1.807, 2.05) is 0 Å². The lowest BCUT2D eigenvalue weighted by Crippen LogP contribution is -2.09. The van der Waals surface area contributed by atoms with Gasteiger partial charge in [-0.1, -0.05) is 17.7 Å². The molecule has 0 spiro atoms. The Kier molecular flexibility index (Phi) is 8.08. The van der Waals surface area contributed by atoms with Gasteiger partial charge in [-0.15, -0.1) is 0 Å². The Balaban J connectivity index is 1.58. The van der Waals surface area contributed by atoms with Gasteiger partial charge >= 0.3 is 17.9 Å². The van der Waals surface area contributed by atoms with E-state index in [-0.39, 0.29) is 28.8 Å². The number of esters is 3. The molecule has 0 atom stereocenters. The van der Waals surface area contributed by atoms with E-state index in [1.165, 1.54) is 26.2 Å². The van der Waals surface area contributed by atoms with Crippen molar-refractivity contribution in [3.05, 3.63) is 88.1 Å². The first kappa shape index (κ1) is 26.4. The smallest absolute Gasteiger partial charge is 0.363 e. The molecule has 9 nitrogen and oxygen atoms in total. The number of halogens is 1. The number of carbonyl (C=O) groups is 3. The van der Waals surface area contributed by atoms with Crippen LogP contribution in [0.3, 0.4) is 0 Å². The molecule has 0 bridgehead atoms. The molecule has 4 rings (SSSR count). The second-order valence-corrected chi connectivity index (χ2v) is 8.27. The summed E-state index contributed by atoms with van der Waals surface area (Å²) in [7, 11) is 1.42. The maximum Gasteiger partial charge on any atom is 0.363 e. The average Bonchev–Trinajstić information content (AvgIpc) is 3.25. The maximum atomic E-state index is 12.5. The van der Waals surface area contributed by atoms with Gasteiger partial charge in [-0.2, -0.15) is 0 Å². The Morgan fingerprint density at radius 2 is 1.66 bits per heavy atom. The number of hydrogen-bond acceptors (Lipinski definition) is 9. The molecule has 0 saturated heterocycles. The second-order valence-electron chi connectivity index (χ2n) is 7.83. The van der Waals surface area contributed by atoms with E-state index in [4.69, 9.17) is 35.3 Å². The first-order valence-corrected chi connectivity index (χ1v) is 11.8. The number of benzene rings is 3. The van der Waals surface area contributed by atoms with Crippen LogP contribution >= 0.6 is 11.6 Å². The van der Waals surface area contributed by atoms with E-state index < -0.39 is 17.9 Å². The van der Waals surface area contributed by atoms with E-state index in [1.54, 1.807) is 61.5 Å². The van der Waals surface area contributed by atoms with Crippen LogP contribution in [0.1, 0.15) is 35.3 Å². The van der Waals surface area contributed by atoms with Gasteiger partial charge in [0.2, 0.25) is 5.90 Å². The number of methoxy groups -OCH3 is 1. The van der Waals surface area contributed by atoms with E-state index in [2.05, 4.69) is 4.99 Å². The molecule has 0 N–H and O–H groups in total. The van der Waals surface area contributed by atoms with Gasteiger partial charge in [-0.05, 0) is 73.2 Å². The summed E-state index contributed by atoms with van der Waals surface area (Å²) in [5.41, 5.74) is 1.40. The Hall–Kier alpha value is -4.63. The highest BCUT2D eigenvalue weighted by atomic mass is 35.5. The molecule has 1 aliphatic heterocycles. The van der Waals surface area contributed by atoms with Crippen LogP contribution in [0.5, 0.6) is 23.0 Å². The Morgan fingerprint density at radius 1 is 0.947 bits per heavy atom. The van der Waals surface area contributed by atoms with Crippen molar-refractivity contribution in [2.45, 2.75) is 13.8 Å². The highest BCUT2D eigenvalue weighted by Gasteiger charge is 2.25. The van der Waals surface area contributed by atoms with Gasteiger partial charge in [-0.25, -0.2) is 14.6 Å². The lowest BCUT2D eigenvalue weighted by molar-refractivity contribution is -0.132. The minimum absolute atomic E-state index is 0.0522. The third-order valence-corrected chi connectivity index (χ3v) is 5.39. The van der Waals surface area contributed by atoms with Gasteiger partial charge < -0.3 is 23.7 Å². The van der Waals surface area contributed by atoms with Crippen LogP contribution < -0.4 is 18.9 Å². The molecule has 0 amide bonds. The first-order valence-electron chi connectivity index (χ1n) is 11.4. The van der Waals surface area contributed by atoms with Crippen LogP contribution in [0.4, 0.5) is 0 Å². The molecule has 0 radical (unpaired) electrons. The lowest BCUT2D eigenvalue weighted by Gasteiger charge is -2.11. The summed E-state index contributed by atoms with van der Waals surface area (Å²) in [5.74, 6) is -0.631. The molecule has 1 heterocycles. The van der Waals surface area contributed by atoms with Crippen molar-refractivity contribution in [3.63, 3.8) is 0 Å². The molecule has 0 fully saturated rings. The van der Waals surface area contributed by atoms with Crippen LogP contribution in [0, 0.1) is 0 Å². The Morgan fingerprint density at radius 3 is 2.34 bits per heavy atom. The van der Waals surface area contributed by atoms with Crippen molar-refractivity contribution in [1.29, 1.82) is 0 Å². The lowest BCUT2D eigenvalue weighted by atomic mass is 10.1. The number of hydrogen-bond donors (Lipinski definition) is 0. The minimum Gasteiger partial charge on any atom is -0.493 e. The number of rotatable bonds is 8. The summed E-state index contributed by atoms with van der Waals surface area (Å²) in [6, 6.07) is 15.8. The summed E-state index contributed by atoms with van der Waals surface area (Å²) in [6.07, 6.45) is 1.52. The first-order chi connectivity index (χ1) is 18.3.